The van der Waals surface area contributed by atoms with Gasteiger partial charge in [-0.15, -0.1) is 0 Å². The lowest BCUT2D eigenvalue weighted by molar-refractivity contribution is -0.142. The van der Waals surface area contributed by atoms with Crippen LogP contribution < -0.4 is 5.32 Å². The number of ether oxygens (including phenoxy) is 1. The smallest absolute Gasteiger partial charge is 0.324 e. The molecule has 0 aromatic heterocycles. The van der Waals surface area contributed by atoms with Crippen LogP contribution >= 0.6 is 0 Å². The van der Waals surface area contributed by atoms with Crippen molar-refractivity contribution in [3.8, 4) is 0 Å². The van der Waals surface area contributed by atoms with E-state index >= 15 is 0 Å². The first-order chi connectivity index (χ1) is 7.29. The fraction of sp³-hybridized carbons (Fsp3) is 0.909. The number of hydrogen-bond donors (Lipinski definition) is 1. The summed E-state index contributed by atoms with van der Waals surface area (Å²) in [4.78, 5) is 11.4. The van der Waals surface area contributed by atoms with Crippen LogP contribution in [0.3, 0.4) is 0 Å². The fourth-order valence-electron chi connectivity index (χ4n) is 1.70. The van der Waals surface area contributed by atoms with Gasteiger partial charge in [-0.2, -0.15) is 0 Å². The molecule has 1 heterocycles. The lowest BCUT2D eigenvalue weighted by atomic mass is 10.2. The number of carbonyl (C=O) groups excluding carboxylic acids is 1. The summed E-state index contributed by atoms with van der Waals surface area (Å²) in [6, 6.07) is -0.264. The van der Waals surface area contributed by atoms with E-state index in [-0.39, 0.29) is 28.0 Å². The van der Waals surface area contributed by atoms with Crippen LogP contribution in [0.15, 0.2) is 0 Å². The highest BCUT2D eigenvalue weighted by atomic mass is 32.2. The van der Waals surface area contributed by atoms with E-state index in [4.69, 9.17) is 4.74 Å². The summed E-state index contributed by atoms with van der Waals surface area (Å²) in [5.74, 6) is -0.231. The zero-order valence-corrected chi connectivity index (χ0v) is 11.4. The SMILES string of the molecule is CCOC(=O)[C@H]1N[C@@H]1C(C)S(=O)C(C)(C)C. The minimum absolute atomic E-state index is 0.000826. The Kier molecular flexibility index (Phi) is 4.12. The minimum atomic E-state index is -0.961. The summed E-state index contributed by atoms with van der Waals surface area (Å²) in [6.45, 7) is 9.93. The molecule has 5 heteroatoms. The number of nitrogens with one attached hydrogen (secondary N) is 1. The summed E-state index contributed by atoms with van der Waals surface area (Å²) in [5.41, 5.74) is 0. The number of hydrogen-bond acceptors (Lipinski definition) is 4. The Labute approximate surface area is 99.6 Å². The molecule has 0 aliphatic carbocycles. The van der Waals surface area contributed by atoms with Crippen LogP contribution in [0.25, 0.3) is 0 Å². The molecule has 2 unspecified atom stereocenters. The molecule has 1 aliphatic heterocycles. The third-order valence-electron chi connectivity index (χ3n) is 2.61. The van der Waals surface area contributed by atoms with Crippen molar-refractivity contribution in [3.05, 3.63) is 0 Å². The predicted molar refractivity (Wildman–Crippen MR) is 64.7 cm³/mol. The first-order valence-corrected chi connectivity index (χ1v) is 6.83. The van der Waals surface area contributed by atoms with Crippen molar-refractivity contribution in [2.45, 2.75) is 56.7 Å². The summed E-state index contributed by atoms with van der Waals surface area (Å²) < 4.78 is 16.8. The summed E-state index contributed by atoms with van der Waals surface area (Å²) in [5, 5.41) is 3.01. The van der Waals surface area contributed by atoms with Crippen LogP contribution in [0.5, 0.6) is 0 Å². The minimum Gasteiger partial charge on any atom is -0.465 e. The second-order valence-corrected chi connectivity index (χ2v) is 7.60. The van der Waals surface area contributed by atoms with E-state index in [1.807, 2.05) is 27.7 Å². The molecule has 0 aromatic carbocycles. The Morgan fingerprint density at radius 1 is 1.50 bits per heavy atom. The maximum absolute atomic E-state index is 12.1. The Hall–Kier alpha value is -0.420. The molecule has 16 heavy (non-hydrogen) atoms. The van der Waals surface area contributed by atoms with E-state index in [1.54, 1.807) is 6.92 Å². The van der Waals surface area contributed by atoms with E-state index in [0.29, 0.717) is 6.61 Å². The maximum Gasteiger partial charge on any atom is 0.324 e. The van der Waals surface area contributed by atoms with Gasteiger partial charge >= 0.3 is 5.97 Å². The van der Waals surface area contributed by atoms with Gasteiger partial charge in [-0.3, -0.25) is 14.3 Å². The van der Waals surface area contributed by atoms with E-state index in [1.165, 1.54) is 0 Å². The zero-order valence-electron chi connectivity index (χ0n) is 10.6. The molecule has 0 radical (unpaired) electrons. The first-order valence-electron chi connectivity index (χ1n) is 5.62. The van der Waals surface area contributed by atoms with Gasteiger partial charge in [-0.25, -0.2) is 0 Å². The standard InChI is InChI=1S/C11H21NO3S/c1-6-15-10(13)9-8(12-9)7(2)16(14)11(3,4)5/h7-9,12H,6H2,1-5H3/t7?,8-,9+,16?/m1/s1. The summed E-state index contributed by atoms with van der Waals surface area (Å²) in [6.07, 6.45) is 0. The van der Waals surface area contributed by atoms with Crippen molar-refractivity contribution in [3.63, 3.8) is 0 Å². The number of esters is 1. The van der Waals surface area contributed by atoms with Crippen LogP contribution in [-0.2, 0) is 20.3 Å². The van der Waals surface area contributed by atoms with Crippen molar-refractivity contribution in [1.29, 1.82) is 0 Å². The number of carbonyl (C=O) groups is 1. The van der Waals surface area contributed by atoms with Gasteiger partial charge < -0.3 is 4.74 Å². The molecule has 0 aromatic rings. The van der Waals surface area contributed by atoms with Crippen molar-refractivity contribution in [1.82, 2.24) is 5.32 Å². The van der Waals surface area contributed by atoms with E-state index in [0.717, 1.165) is 0 Å². The highest BCUT2D eigenvalue weighted by molar-refractivity contribution is 7.87. The van der Waals surface area contributed by atoms with Gasteiger partial charge in [0.1, 0.15) is 6.04 Å². The molecule has 1 saturated heterocycles. The second kappa shape index (κ2) is 4.84. The third kappa shape index (κ3) is 3.04. The van der Waals surface area contributed by atoms with Gasteiger partial charge in [0.15, 0.2) is 0 Å². The normalized spacial score (nSPS) is 28.3. The van der Waals surface area contributed by atoms with Crippen LogP contribution in [0, 0.1) is 0 Å². The molecular weight excluding hydrogens is 226 g/mol. The van der Waals surface area contributed by atoms with Gasteiger partial charge in [0, 0.05) is 26.8 Å². The van der Waals surface area contributed by atoms with Gasteiger partial charge in [-0.05, 0) is 34.6 Å². The third-order valence-corrected chi connectivity index (χ3v) is 4.79. The van der Waals surface area contributed by atoms with Gasteiger partial charge in [0.25, 0.3) is 0 Å². The number of rotatable bonds is 4. The van der Waals surface area contributed by atoms with Gasteiger partial charge in [0.2, 0.25) is 0 Å². The highest BCUT2D eigenvalue weighted by Crippen LogP contribution is 2.25. The molecule has 4 nitrogen and oxygen atoms in total. The van der Waals surface area contributed by atoms with E-state index in [9.17, 15) is 9.00 Å². The van der Waals surface area contributed by atoms with Crippen LogP contribution in [0.4, 0.5) is 0 Å². The largest absolute Gasteiger partial charge is 0.465 e. The Balaban J connectivity index is 2.51. The monoisotopic (exact) mass is 247 g/mol. The van der Waals surface area contributed by atoms with Crippen molar-refractivity contribution < 1.29 is 13.7 Å². The molecule has 0 bridgehead atoms. The molecular formula is C11H21NO3S. The van der Waals surface area contributed by atoms with Gasteiger partial charge in [-0.1, -0.05) is 0 Å². The molecule has 1 fully saturated rings. The molecule has 0 saturated carbocycles. The first kappa shape index (κ1) is 13.6. The zero-order chi connectivity index (χ0) is 12.5. The maximum atomic E-state index is 12.1. The predicted octanol–water partition coefficient (Wildman–Crippen LogP) is 0.826. The lowest BCUT2D eigenvalue weighted by Crippen LogP contribution is -2.34. The Bertz CT molecular complexity index is 298. The van der Waals surface area contributed by atoms with Crippen molar-refractivity contribution in [2.24, 2.45) is 0 Å². The van der Waals surface area contributed by atoms with Crippen molar-refractivity contribution in [2.75, 3.05) is 6.61 Å². The van der Waals surface area contributed by atoms with Gasteiger partial charge in [0.05, 0.1) is 6.61 Å². The summed E-state index contributed by atoms with van der Waals surface area (Å²) >= 11 is 0. The quantitative estimate of drug-likeness (QED) is 0.590. The van der Waals surface area contributed by atoms with E-state index in [2.05, 4.69) is 5.32 Å². The Morgan fingerprint density at radius 3 is 2.50 bits per heavy atom. The molecule has 0 spiro atoms. The van der Waals surface area contributed by atoms with Crippen LogP contribution in [0.2, 0.25) is 0 Å². The highest BCUT2D eigenvalue weighted by Gasteiger charge is 2.49. The topological polar surface area (TPSA) is 65.3 Å². The lowest BCUT2D eigenvalue weighted by Gasteiger charge is -2.22. The van der Waals surface area contributed by atoms with Crippen molar-refractivity contribution >= 4 is 16.8 Å². The average molecular weight is 247 g/mol. The Morgan fingerprint density at radius 2 is 2.06 bits per heavy atom. The molecule has 1 rings (SSSR count). The second-order valence-electron chi connectivity index (χ2n) is 5.04. The van der Waals surface area contributed by atoms with E-state index < -0.39 is 10.8 Å². The molecule has 0 amide bonds. The van der Waals surface area contributed by atoms with Crippen LogP contribution in [-0.4, -0.2) is 38.9 Å². The summed E-state index contributed by atoms with van der Waals surface area (Å²) in [7, 11) is -0.961. The van der Waals surface area contributed by atoms with Crippen LogP contribution in [0.1, 0.15) is 34.6 Å². The molecule has 1 aliphatic rings. The molecule has 94 valence electrons. The molecule has 1 N–H and O–H groups in total. The average Bonchev–Trinajstić information content (AvgIpc) is 2.94. The fourth-order valence-corrected chi connectivity index (χ4v) is 3.31. The molecule has 4 atom stereocenters.